The second-order valence-electron chi connectivity index (χ2n) is 4.15. The largest absolute Gasteiger partial charge is 0.417 e. The Morgan fingerprint density at radius 2 is 2.05 bits per heavy atom. The molecule has 0 radical (unpaired) electrons. The number of hydrogen-bond acceptors (Lipinski definition) is 4. The molecule has 108 valence electrons. The molecule has 20 heavy (non-hydrogen) atoms. The maximum absolute atomic E-state index is 12.8. The van der Waals surface area contributed by atoms with Crippen molar-refractivity contribution in [3.63, 3.8) is 0 Å². The first kappa shape index (κ1) is 15.4. The van der Waals surface area contributed by atoms with E-state index in [4.69, 9.17) is 5.73 Å². The zero-order valence-corrected chi connectivity index (χ0v) is 12.8. The van der Waals surface area contributed by atoms with Crippen LogP contribution in [0.2, 0.25) is 0 Å². The first-order valence-corrected chi connectivity index (χ1v) is 7.40. The first-order valence-electron chi connectivity index (χ1n) is 5.79. The molecule has 0 aliphatic carbocycles. The summed E-state index contributed by atoms with van der Waals surface area (Å²) in [7, 11) is 0. The minimum absolute atomic E-state index is 0.00347. The smallest absolute Gasteiger partial charge is 0.322 e. The van der Waals surface area contributed by atoms with Crippen LogP contribution < -0.4 is 5.73 Å². The van der Waals surface area contributed by atoms with Gasteiger partial charge in [-0.15, -0.1) is 10.2 Å². The molecule has 1 unspecified atom stereocenters. The number of rotatable bonds is 3. The van der Waals surface area contributed by atoms with E-state index in [2.05, 4.69) is 26.1 Å². The van der Waals surface area contributed by atoms with Crippen LogP contribution in [0, 0.1) is 0 Å². The van der Waals surface area contributed by atoms with E-state index in [1.54, 1.807) is 6.07 Å². The second-order valence-corrected chi connectivity index (χ2v) is 6.02. The summed E-state index contributed by atoms with van der Waals surface area (Å²) >= 11 is 4.12. The van der Waals surface area contributed by atoms with Crippen molar-refractivity contribution in [2.45, 2.75) is 25.6 Å². The average molecular weight is 366 g/mol. The number of halogens is 4. The summed E-state index contributed by atoms with van der Waals surface area (Å²) in [6, 6.07) is 3.75. The quantitative estimate of drug-likeness (QED) is 0.876. The Morgan fingerprint density at radius 3 is 2.65 bits per heavy atom. The topological polar surface area (TPSA) is 51.8 Å². The minimum atomic E-state index is -4.41. The van der Waals surface area contributed by atoms with Crippen molar-refractivity contribution >= 4 is 27.3 Å². The molecule has 0 aliphatic heterocycles. The van der Waals surface area contributed by atoms with Crippen molar-refractivity contribution in [1.29, 1.82) is 0 Å². The molecule has 1 heterocycles. The second kappa shape index (κ2) is 5.79. The summed E-state index contributed by atoms with van der Waals surface area (Å²) in [6.07, 6.45) is -3.72. The Labute approximate surface area is 126 Å². The lowest BCUT2D eigenvalue weighted by Gasteiger charge is -2.09. The highest BCUT2D eigenvalue weighted by molar-refractivity contribution is 9.10. The molecule has 0 saturated carbocycles. The Morgan fingerprint density at radius 1 is 1.35 bits per heavy atom. The molecule has 1 aromatic carbocycles. The van der Waals surface area contributed by atoms with E-state index in [0.29, 0.717) is 22.0 Å². The van der Waals surface area contributed by atoms with E-state index in [1.807, 2.05) is 6.92 Å². The molecule has 8 heteroatoms. The molecule has 0 bridgehead atoms. The summed E-state index contributed by atoms with van der Waals surface area (Å²) in [5, 5.41) is 8.90. The Kier molecular flexibility index (Phi) is 4.46. The molecular weight excluding hydrogens is 355 g/mol. The predicted octanol–water partition coefficient (Wildman–Crippen LogP) is 4.40. The molecule has 2 aromatic rings. The van der Waals surface area contributed by atoms with E-state index in [-0.39, 0.29) is 10.5 Å². The normalized spacial score (nSPS) is 13.5. The highest BCUT2D eigenvalue weighted by Crippen LogP contribution is 2.38. The molecular formula is C12H11BrF3N3S. The summed E-state index contributed by atoms with van der Waals surface area (Å²) in [6.45, 7) is 1.91. The fourth-order valence-electron chi connectivity index (χ4n) is 1.55. The van der Waals surface area contributed by atoms with E-state index >= 15 is 0 Å². The monoisotopic (exact) mass is 365 g/mol. The zero-order valence-electron chi connectivity index (χ0n) is 10.4. The molecule has 0 amide bonds. The molecule has 0 spiro atoms. The third-order valence-corrected chi connectivity index (χ3v) is 4.51. The number of nitrogens with zero attached hydrogens (tertiary/aromatic N) is 2. The van der Waals surface area contributed by atoms with Gasteiger partial charge in [0.1, 0.15) is 10.0 Å². The fraction of sp³-hybridized carbons (Fsp3) is 0.333. The summed E-state index contributed by atoms with van der Waals surface area (Å²) in [4.78, 5) is 0. The van der Waals surface area contributed by atoms with Crippen molar-refractivity contribution in [2.24, 2.45) is 5.73 Å². The molecule has 2 rings (SSSR count). The lowest BCUT2D eigenvalue weighted by atomic mass is 10.1. The van der Waals surface area contributed by atoms with Gasteiger partial charge in [-0.05, 0) is 18.6 Å². The van der Waals surface area contributed by atoms with Gasteiger partial charge in [0.15, 0.2) is 0 Å². The predicted molar refractivity (Wildman–Crippen MR) is 75.3 cm³/mol. The third kappa shape index (κ3) is 3.18. The Bertz CT molecular complexity index is 612. The minimum Gasteiger partial charge on any atom is -0.322 e. The van der Waals surface area contributed by atoms with Gasteiger partial charge in [-0.1, -0.05) is 40.3 Å². The zero-order chi connectivity index (χ0) is 14.9. The number of alkyl halides is 3. The number of benzene rings is 1. The van der Waals surface area contributed by atoms with Gasteiger partial charge < -0.3 is 5.73 Å². The summed E-state index contributed by atoms with van der Waals surface area (Å²) in [5.74, 6) is 0. The van der Waals surface area contributed by atoms with Gasteiger partial charge in [0, 0.05) is 10.0 Å². The van der Waals surface area contributed by atoms with Crippen LogP contribution in [0.5, 0.6) is 0 Å². The van der Waals surface area contributed by atoms with Crippen molar-refractivity contribution in [1.82, 2.24) is 10.2 Å². The number of aromatic nitrogens is 2. The van der Waals surface area contributed by atoms with Crippen LogP contribution in [0.15, 0.2) is 22.7 Å². The summed E-state index contributed by atoms with van der Waals surface area (Å²) < 4.78 is 38.6. The summed E-state index contributed by atoms with van der Waals surface area (Å²) in [5.41, 5.74) is 5.48. The molecule has 3 nitrogen and oxygen atoms in total. The Balaban J connectivity index is 2.41. The van der Waals surface area contributed by atoms with Crippen LogP contribution in [-0.4, -0.2) is 10.2 Å². The Hall–Kier alpha value is -0.990. The van der Waals surface area contributed by atoms with Gasteiger partial charge in [0.25, 0.3) is 0 Å². The van der Waals surface area contributed by atoms with Crippen molar-refractivity contribution in [2.75, 3.05) is 0 Å². The third-order valence-electron chi connectivity index (χ3n) is 2.72. The van der Waals surface area contributed by atoms with Crippen LogP contribution in [0.1, 0.15) is 30.0 Å². The lowest BCUT2D eigenvalue weighted by molar-refractivity contribution is -0.138. The van der Waals surface area contributed by atoms with Gasteiger partial charge in [0.05, 0.1) is 11.6 Å². The molecule has 0 aliphatic rings. The SMILES string of the molecule is CCC(N)c1nnc(-c2ccc(Br)c(C(F)(F)F)c2)s1. The van der Waals surface area contributed by atoms with Crippen LogP contribution in [0.4, 0.5) is 13.2 Å². The van der Waals surface area contributed by atoms with E-state index in [9.17, 15) is 13.2 Å². The molecule has 0 fully saturated rings. The molecule has 1 atom stereocenters. The first-order chi connectivity index (χ1) is 9.32. The molecule has 1 aromatic heterocycles. The van der Waals surface area contributed by atoms with Gasteiger partial charge >= 0.3 is 6.18 Å². The van der Waals surface area contributed by atoms with E-state index in [0.717, 1.165) is 6.07 Å². The molecule has 0 saturated heterocycles. The lowest BCUT2D eigenvalue weighted by Crippen LogP contribution is -2.07. The standard InChI is InChI=1S/C12H11BrF3N3S/c1-2-9(17)11-19-18-10(20-11)6-3-4-8(13)7(5-6)12(14,15)16/h3-5,9H,2,17H2,1H3. The highest BCUT2D eigenvalue weighted by atomic mass is 79.9. The number of hydrogen-bond donors (Lipinski definition) is 1. The van der Waals surface area contributed by atoms with Crippen LogP contribution in [0.25, 0.3) is 10.6 Å². The van der Waals surface area contributed by atoms with Crippen molar-refractivity contribution in [3.8, 4) is 10.6 Å². The molecule has 2 N–H and O–H groups in total. The number of nitrogens with two attached hydrogens (primary N) is 1. The van der Waals surface area contributed by atoms with Gasteiger partial charge in [-0.2, -0.15) is 13.2 Å². The van der Waals surface area contributed by atoms with Crippen LogP contribution in [-0.2, 0) is 6.18 Å². The van der Waals surface area contributed by atoms with Crippen LogP contribution in [0.3, 0.4) is 0 Å². The van der Waals surface area contributed by atoms with Gasteiger partial charge in [0.2, 0.25) is 0 Å². The van der Waals surface area contributed by atoms with Gasteiger partial charge in [-0.3, -0.25) is 0 Å². The fourth-order valence-corrected chi connectivity index (χ4v) is 2.95. The van der Waals surface area contributed by atoms with Gasteiger partial charge in [-0.25, -0.2) is 0 Å². The van der Waals surface area contributed by atoms with E-state index < -0.39 is 11.7 Å². The average Bonchev–Trinajstić information content (AvgIpc) is 2.86. The maximum Gasteiger partial charge on any atom is 0.417 e. The van der Waals surface area contributed by atoms with Crippen LogP contribution >= 0.6 is 27.3 Å². The van der Waals surface area contributed by atoms with E-state index in [1.165, 1.54) is 17.4 Å². The van der Waals surface area contributed by atoms with Crippen molar-refractivity contribution < 1.29 is 13.2 Å². The highest BCUT2D eigenvalue weighted by Gasteiger charge is 2.33. The maximum atomic E-state index is 12.8. The van der Waals surface area contributed by atoms with Crippen molar-refractivity contribution in [3.05, 3.63) is 33.2 Å².